The summed E-state index contributed by atoms with van der Waals surface area (Å²) < 4.78 is 0. The van der Waals surface area contributed by atoms with Crippen LogP contribution in [0.2, 0.25) is 0 Å². The molecule has 1 aromatic carbocycles. The largest absolute Gasteiger partial charge is 0.374 e. The monoisotopic (exact) mass is 320 g/mol. The second-order valence-electron chi connectivity index (χ2n) is 5.75. The lowest BCUT2D eigenvalue weighted by atomic mass is 10.1. The van der Waals surface area contributed by atoms with Crippen LogP contribution in [0.25, 0.3) is 0 Å². The molecular formula is C15H20N4O4. The van der Waals surface area contributed by atoms with Gasteiger partial charge in [-0.1, -0.05) is 0 Å². The SMILES string of the molecule is CNC(=O)c1ccc(N[C@H]2CC(=O)N(C(C)C)C2)c([N+](=O)[O-])c1. The number of anilines is 1. The molecule has 8 heteroatoms. The van der Waals surface area contributed by atoms with E-state index in [1.807, 2.05) is 13.8 Å². The van der Waals surface area contributed by atoms with Gasteiger partial charge in [0.15, 0.2) is 0 Å². The van der Waals surface area contributed by atoms with Gasteiger partial charge in [0.1, 0.15) is 5.69 Å². The smallest absolute Gasteiger partial charge is 0.293 e. The van der Waals surface area contributed by atoms with E-state index < -0.39 is 4.92 Å². The molecule has 1 atom stereocenters. The van der Waals surface area contributed by atoms with Gasteiger partial charge in [0.05, 0.1) is 11.0 Å². The van der Waals surface area contributed by atoms with Gasteiger partial charge in [0.25, 0.3) is 11.6 Å². The topological polar surface area (TPSA) is 105 Å². The van der Waals surface area contributed by atoms with Crippen molar-refractivity contribution < 1.29 is 14.5 Å². The van der Waals surface area contributed by atoms with Crippen LogP contribution < -0.4 is 10.6 Å². The molecule has 0 aliphatic carbocycles. The summed E-state index contributed by atoms with van der Waals surface area (Å²) in [5, 5.41) is 16.7. The van der Waals surface area contributed by atoms with Crippen molar-refractivity contribution in [3.05, 3.63) is 33.9 Å². The minimum atomic E-state index is -0.536. The Kier molecular flexibility index (Phi) is 4.83. The number of benzene rings is 1. The molecule has 1 heterocycles. The highest BCUT2D eigenvalue weighted by Crippen LogP contribution is 2.28. The van der Waals surface area contributed by atoms with Gasteiger partial charge in [0.2, 0.25) is 5.91 Å². The Labute approximate surface area is 134 Å². The summed E-state index contributed by atoms with van der Waals surface area (Å²) in [4.78, 5) is 36.0. The normalized spacial score (nSPS) is 17.5. The number of nitrogens with zero attached hydrogens (tertiary/aromatic N) is 2. The molecule has 1 fully saturated rings. The first kappa shape index (κ1) is 16.7. The lowest BCUT2D eigenvalue weighted by Gasteiger charge is -2.21. The van der Waals surface area contributed by atoms with E-state index in [9.17, 15) is 19.7 Å². The lowest BCUT2D eigenvalue weighted by Crippen LogP contribution is -2.33. The maximum atomic E-state index is 11.9. The van der Waals surface area contributed by atoms with Crippen LogP contribution in [-0.2, 0) is 4.79 Å². The van der Waals surface area contributed by atoms with Crippen molar-refractivity contribution in [2.75, 3.05) is 18.9 Å². The summed E-state index contributed by atoms with van der Waals surface area (Å²) in [6.07, 6.45) is 0.298. The molecule has 124 valence electrons. The van der Waals surface area contributed by atoms with E-state index >= 15 is 0 Å². The first-order valence-electron chi connectivity index (χ1n) is 7.40. The number of hydrogen-bond acceptors (Lipinski definition) is 5. The third kappa shape index (κ3) is 3.58. The Bertz CT molecular complexity index is 644. The molecule has 0 aromatic heterocycles. The standard InChI is InChI=1S/C15H20N4O4/c1-9(2)18-8-11(7-14(18)20)17-12-5-4-10(15(21)16-3)6-13(12)19(22)23/h4-6,9,11,17H,7-8H2,1-3H3,(H,16,21)/t11-/m0/s1. The first-order valence-corrected chi connectivity index (χ1v) is 7.40. The molecule has 1 aromatic rings. The van der Waals surface area contributed by atoms with Crippen molar-refractivity contribution in [2.24, 2.45) is 0 Å². The summed E-state index contributed by atoms with van der Waals surface area (Å²) in [5.74, 6) is -0.358. The number of amides is 2. The molecule has 1 aliphatic rings. The number of carbonyl (C=O) groups is 2. The number of likely N-dealkylation sites (tertiary alicyclic amines) is 1. The summed E-state index contributed by atoms with van der Waals surface area (Å²) in [6, 6.07) is 4.17. The molecule has 2 rings (SSSR count). The summed E-state index contributed by atoms with van der Waals surface area (Å²) in [5.41, 5.74) is 0.351. The molecule has 0 spiro atoms. The second-order valence-corrected chi connectivity index (χ2v) is 5.75. The van der Waals surface area contributed by atoms with Gasteiger partial charge < -0.3 is 15.5 Å². The highest BCUT2D eigenvalue weighted by molar-refractivity contribution is 5.95. The fourth-order valence-electron chi connectivity index (χ4n) is 2.64. The third-order valence-corrected chi connectivity index (χ3v) is 3.83. The maximum Gasteiger partial charge on any atom is 0.293 e. The average molecular weight is 320 g/mol. The fraction of sp³-hybridized carbons (Fsp3) is 0.467. The van der Waals surface area contributed by atoms with Crippen LogP contribution in [0.5, 0.6) is 0 Å². The predicted molar refractivity (Wildman–Crippen MR) is 85.4 cm³/mol. The number of carbonyl (C=O) groups excluding carboxylic acids is 2. The molecule has 1 aliphatic heterocycles. The fourth-order valence-corrected chi connectivity index (χ4v) is 2.64. The minimum absolute atomic E-state index is 0.0298. The van der Waals surface area contributed by atoms with Crippen LogP contribution >= 0.6 is 0 Å². The maximum absolute atomic E-state index is 11.9. The molecule has 2 N–H and O–H groups in total. The minimum Gasteiger partial charge on any atom is -0.374 e. The van der Waals surface area contributed by atoms with Crippen molar-refractivity contribution in [2.45, 2.75) is 32.4 Å². The van der Waals surface area contributed by atoms with Crippen LogP contribution in [0.15, 0.2) is 18.2 Å². The van der Waals surface area contributed by atoms with E-state index in [0.29, 0.717) is 18.7 Å². The van der Waals surface area contributed by atoms with E-state index in [2.05, 4.69) is 10.6 Å². The van der Waals surface area contributed by atoms with Crippen LogP contribution in [0.4, 0.5) is 11.4 Å². The van der Waals surface area contributed by atoms with Crippen LogP contribution in [0.1, 0.15) is 30.6 Å². The first-order chi connectivity index (χ1) is 10.8. The Hall–Kier alpha value is -2.64. The number of nitrogens with one attached hydrogen (secondary N) is 2. The Morgan fingerprint density at radius 2 is 2.13 bits per heavy atom. The lowest BCUT2D eigenvalue weighted by molar-refractivity contribution is -0.384. The average Bonchev–Trinajstić information content (AvgIpc) is 2.87. The highest BCUT2D eigenvalue weighted by atomic mass is 16.6. The van der Waals surface area contributed by atoms with Gasteiger partial charge in [0, 0.05) is 37.7 Å². The van der Waals surface area contributed by atoms with E-state index in [1.54, 1.807) is 4.90 Å². The predicted octanol–water partition coefficient (Wildman–Crippen LogP) is 1.38. The number of nitro benzene ring substituents is 1. The second kappa shape index (κ2) is 6.64. The van der Waals surface area contributed by atoms with Crippen LogP contribution in [0, 0.1) is 10.1 Å². The van der Waals surface area contributed by atoms with Gasteiger partial charge in [-0.3, -0.25) is 19.7 Å². The Balaban J connectivity index is 2.22. The van der Waals surface area contributed by atoms with Crippen LogP contribution in [0.3, 0.4) is 0 Å². The molecule has 0 radical (unpaired) electrons. The number of hydrogen-bond donors (Lipinski definition) is 2. The molecular weight excluding hydrogens is 300 g/mol. The molecule has 0 saturated carbocycles. The molecule has 0 unspecified atom stereocenters. The summed E-state index contributed by atoms with van der Waals surface area (Å²) in [6.45, 7) is 4.37. The van der Waals surface area contributed by atoms with E-state index in [4.69, 9.17) is 0 Å². The van der Waals surface area contributed by atoms with E-state index in [1.165, 1.54) is 25.2 Å². The van der Waals surface area contributed by atoms with Crippen molar-refractivity contribution in [1.82, 2.24) is 10.2 Å². The van der Waals surface area contributed by atoms with Crippen molar-refractivity contribution in [3.63, 3.8) is 0 Å². The third-order valence-electron chi connectivity index (χ3n) is 3.83. The zero-order valence-electron chi connectivity index (χ0n) is 13.3. The van der Waals surface area contributed by atoms with E-state index in [-0.39, 0.29) is 35.1 Å². The van der Waals surface area contributed by atoms with Crippen molar-refractivity contribution >= 4 is 23.2 Å². The van der Waals surface area contributed by atoms with Gasteiger partial charge in [-0.25, -0.2) is 0 Å². The summed E-state index contributed by atoms with van der Waals surface area (Å²) in [7, 11) is 1.46. The molecule has 0 bridgehead atoms. The zero-order valence-corrected chi connectivity index (χ0v) is 13.3. The molecule has 8 nitrogen and oxygen atoms in total. The highest BCUT2D eigenvalue weighted by Gasteiger charge is 2.32. The van der Waals surface area contributed by atoms with Gasteiger partial charge >= 0.3 is 0 Å². The summed E-state index contributed by atoms with van der Waals surface area (Å²) >= 11 is 0. The zero-order chi connectivity index (χ0) is 17.1. The Morgan fingerprint density at radius 3 is 2.65 bits per heavy atom. The number of nitro groups is 1. The quantitative estimate of drug-likeness (QED) is 0.630. The molecule has 1 saturated heterocycles. The van der Waals surface area contributed by atoms with Crippen molar-refractivity contribution in [1.29, 1.82) is 0 Å². The van der Waals surface area contributed by atoms with E-state index in [0.717, 1.165) is 0 Å². The molecule has 23 heavy (non-hydrogen) atoms. The molecule has 2 amide bonds. The van der Waals surface area contributed by atoms with Gasteiger partial charge in [-0.15, -0.1) is 0 Å². The van der Waals surface area contributed by atoms with Crippen LogP contribution in [-0.4, -0.2) is 47.3 Å². The number of rotatable bonds is 5. The van der Waals surface area contributed by atoms with Gasteiger partial charge in [-0.05, 0) is 26.0 Å². The van der Waals surface area contributed by atoms with Gasteiger partial charge in [-0.2, -0.15) is 0 Å². The van der Waals surface area contributed by atoms with Crippen molar-refractivity contribution in [3.8, 4) is 0 Å². The Morgan fingerprint density at radius 1 is 1.43 bits per heavy atom.